The third kappa shape index (κ3) is 3.12. The van der Waals surface area contributed by atoms with Crippen molar-refractivity contribution in [1.29, 1.82) is 0 Å². The number of rotatable bonds is 5. The summed E-state index contributed by atoms with van der Waals surface area (Å²) in [6.45, 7) is 2.65. The first-order valence-corrected chi connectivity index (χ1v) is 6.52. The maximum absolute atomic E-state index is 14.3. The average molecular weight is 296 g/mol. The molecule has 0 aliphatic carbocycles. The summed E-state index contributed by atoms with van der Waals surface area (Å²) in [7, 11) is 0. The van der Waals surface area contributed by atoms with Crippen LogP contribution in [0.25, 0.3) is 0 Å². The number of ether oxygens (including phenoxy) is 2. The fourth-order valence-electron chi connectivity index (χ4n) is 1.91. The van der Waals surface area contributed by atoms with Crippen LogP contribution in [0.2, 0.25) is 0 Å². The van der Waals surface area contributed by atoms with E-state index in [4.69, 9.17) is 9.47 Å². The molecule has 0 saturated heterocycles. The van der Waals surface area contributed by atoms with Gasteiger partial charge in [0.05, 0.1) is 12.2 Å². The summed E-state index contributed by atoms with van der Waals surface area (Å²) < 4.78 is 52.3. The van der Waals surface area contributed by atoms with Crippen LogP contribution in [0, 0.1) is 24.4 Å². The molecule has 0 aliphatic rings. The molecule has 0 amide bonds. The highest BCUT2D eigenvalue weighted by molar-refractivity contribution is 5.41. The average Bonchev–Trinajstić information content (AvgIpc) is 2.50. The van der Waals surface area contributed by atoms with Crippen LogP contribution in [0.5, 0.6) is 11.5 Å². The van der Waals surface area contributed by atoms with E-state index in [1.54, 1.807) is 37.3 Å². The second-order valence-corrected chi connectivity index (χ2v) is 4.41. The number of para-hydroxylation sites is 1. The predicted octanol–water partition coefficient (Wildman–Crippen LogP) is 4.39. The Morgan fingerprint density at radius 1 is 0.905 bits per heavy atom. The molecule has 112 valence electrons. The fourth-order valence-corrected chi connectivity index (χ4v) is 1.91. The predicted molar refractivity (Wildman–Crippen MR) is 73.0 cm³/mol. The minimum atomic E-state index is -1.25. The Morgan fingerprint density at radius 3 is 2.19 bits per heavy atom. The Kier molecular flexibility index (Phi) is 4.73. The Bertz CT molecular complexity index is 627. The highest BCUT2D eigenvalue weighted by Crippen LogP contribution is 2.31. The SMILES string of the molecule is CCOc1c(C)c(F)c(F)c(COc2ccccc2)c1F. The second kappa shape index (κ2) is 6.52. The molecule has 0 atom stereocenters. The van der Waals surface area contributed by atoms with E-state index in [1.165, 1.54) is 6.92 Å². The lowest BCUT2D eigenvalue weighted by Crippen LogP contribution is -2.09. The molecule has 2 aromatic rings. The van der Waals surface area contributed by atoms with Crippen LogP contribution in [-0.4, -0.2) is 6.61 Å². The highest BCUT2D eigenvalue weighted by atomic mass is 19.2. The van der Waals surface area contributed by atoms with Crippen LogP contribution in [0.4, 0.5) is 13.2 Å². The summed E-state index contributed by atoms with van der Waals surface area (Å²) in [5.41, 5.74) is -0.666. The summed E-state index contributed by atoms with van der Waals surface area (Å²) in [5, 5.41) is 0. The fraction of sp³-hybridized carbons (Fsp3) is 0.250. The van der Waals surface area contributed by atoms with Crippen molar-refractivity contribution in [3.63, 3.8) is 0 Å². The molecule has 2 nitrogen and oxygen atoms in total. The first-order valence-electron chi connectivity index (χ1n) is 6.52. The number of benzene rings is 2. The van der Waals surface area contributed by atoms with Crippen molar-refractivity contribution < 1.29 is 22.6 Å². The summed E-state index contributed by atoms with van der Waals surface area (Å²) in [4.78, 5) is 0. The quantitative estimate of drug-likeness (QED) is 0.762. The molecule has 2 rings (SSSR count). The second-order valence-electron chi connectivity index (χ2n) is 4.41. The lowest BCUT2D eigenvalue weighted by Gasteiger charge is -2.15. The number of hydrogen-bond donors (Lipinski definition) is 0. The molecule has 2 aromatic carbocycles. The van der Waals surface area contributed by atoms with Crippen LogP contribution in [0.3, 0.4) is 0 Å². The largest absolute Gasteiger partial charge is 0.490 e. The first-order chi connectivity index (χ1) is 10.1. The number of halogens is 3. The Morgan fingerprint density at radius 2 is 1.57 bits per heavy atom. The van der Waals surface area contributed by atoms with Gasteiger partial charge < -0.3 is 9.47 Å². The molecule has 0 aliphatic heterocycles. The van der Waals surface area contributed by atoms with Gasteiger partial charge in [-0.15, -0.1) is 0 Å². The lowest BCUT2D eigenvalue weighted by molar-refractivity contribution is 0.275. The molecular formula is C16H15F3O2. The third-order valence-electron chi connectivity index (χ3n) is 3.01. The zero-order valence-electron chi connectivity index (χ0n) is 11.8. The van der Waals surface area contributed by atoms with Gasteiger partial charge in [0.2, 0.25) is 0 Å². The molecule has 0 fully saturated rings. The van der Waals surface area contributed by atoms with E-state index < -0.39 is 29.6 Å². The summed E-state index contributed by atoms with van der Waals surface area (Å²) in [6, 6.07) is 8.52. The zero-order valence-corrected chi connectivity index (χ0v) is 11.8. The Labute approximate surface area is 121 Å². The van der Waals surface area contributed by atoms with Gasteiger partial charge in [0, 0.05) is 5.56 Å². The van der Waals surface area contributed by atoms with Crippen molar-refractivity contribution in [2.75, 3.05) is 6.61 Å². The maximum Gasteiger partial charge on any atom is 0.175 e. The molecule has 21 heavy (non-hydrogen) atoms. The van der Waals surface area contributed by atoms with Crippen molar-refractivity contribution in [1.82, 2.24) is 0 Å². The Hall–Kier alpha value is -2.17. The monoisotopic (exact) mass is 296 g/mol. The van der Waals surface area contributed by atoms with Crippen LogP contribution in [-0.2, 0) is 6.61 Å². The van der Waals surface area contributed by atoms with Gasteiger partial charge in [-0.05, 0) is 26.0 Å². The van der Waals surface area contributed by atoms with Gasteiger partial charge in [-0.1, -0.05) is 18.2 Å². The minimum Gasteiger partial charge on any atom is -0.490 e. The third-order valence-corrected chi connectivity index (χ3v) is 3.01. The van der Waals surface area contributed by atoms with Gasteiger partial charge in [-0.2, -0.15) is 0 Å². The molecular weight excluding hydrogens is 281 g/mol. The van der Waals surface area contributed by atoms with Crippen LogP contribution >= 0.6 is 0 Å². The van der Waals surface area contributed by atoms with Gasteiger partial charge >= 0.3 is 0 Å². The minimum absolute atomic E-state index is 0.155. The number of hydrogen-bond acceptors (Lipinski definition) is 2. The highest BCUT2D eigenvalue weighted by Gasteiger charge is 2.24. The molecule has 5 heteroatoms. The van der Waals surface area contributed by atoms with E-state index in [9.17, 15) is 13.2 Å². The normalized spacial score (nSPS) is 10.5. The lowest BCUT2D eigenvalue weighted by atomic mass is 10.1. The standard InChI is InChI=1S/C16H15F3O2/c1-3-20-16-10(2)13(17)14(18)12(15(16)19)9-21-11-7-5-4-6-8-11/h4-8H,3,9H2,1-2H3. The summed E-state index contributed by atoms with van der Waals surface area (Å²) >= 11 is 0. The van der Waals surface area contributed by atoms with Crippen molar-refractivity contribution in [3.05, 3.63) is 58.9 Å². The van der Waals surface area contributed by atoms with Crippen molar-refractivity contribution in [3.8, 4) is 11.5 Å². The molecule has 0 unspecified atom stereocenters. The van der Waals surface area contributed by atoms with Gasteiger partial charge in [-0.3, -0.25) is 0 Å². The smallest absolute Gasteiger partial charge is 0.175 e. The van der Waals surface area contributed by atoms with Crippen LogP contribution in [0.1, 0.15) is 18.1 Å². The van der Waals surface area contributed by atoms with E-state index in [2.05, 4.69) is 0 Å². The van der Waals surface area contributed by atoms with Gasteiger partial charge in [-0.25, -0.2) is 13.2 Å². The van der Waals surface area contributed by atoms with E-state index in [-0.39, 0.29) is 17.9 Å². The topological polar surface area (TPSA) is 18.5 Å². The summed E-state index contributed by atoms with van der Waals surface area (Å²) in [5.74, 6) is -3.13. The van der Waals surface area contributed by atoms with Crippen LogP contribution < -0.4 is 9.47 Å². The van der Waals surface area contributed by atoms with Crippen molar-refractivity contribution in [2.45, 2.75) is 20.5 Å². The van der Waals surface area contributed by atoms with E-state index in [1.807, 2.05) is 0 Å². The van der Waals surface area contributed by atoms with E-state index in [0.29, 0.717) is 5.75 Å². The Balaban J connectivity index is 2.34. The molecule has 0 saturated carbocycles. The molecule has 0 N–H and O–H groups in total. The zero-order chi connectivity index (χ0) is 15.4. The molecule has 0 spiro atoms. The maximum atomic E-state index is 14.3. The van der Waals surface area contributed by atoms with Gasteiger partial charge in [0.15, 0.2) is 23.2 Å². The molecule has 0 bridgehead atoms. The molecule has 0 heterocycles. The van der Waals surface area contributed by atoms with Gasteiger partial charge in [0.1, 0.15) is 12.4 Å². The van der Waals surface area contributed by atoms with E-state index in [0.717, 1.165) is 0 Å². The molecule has 0 radical (unpaired) electrons. The van der Waals surface area contributed by atoms with Crippen molar-refractivity contribution >= 4 is 0 Å². The summed E-state index contributed by atoms with van der Waals surface area (Å²) in [6.07, 6.45) is 0. The van der Waals surface area contributed by atoms with E-state index >= 15 is 0 Å². The van der Waals surface area contributed by atoms with Gasteiger partial charge in [0.25, 0.3) is 0 Å². The molecule has 0 aromatic heterocycles. The first kappa shape index (κ1) is 15.2. The van der Waals surface area contributed by atoms with Crippen molar-refractivity contribution in [2.24, 2.45) is 0 Å². The van der Waals surface area contributed by atoms with Crippen LogP contribution in [0.15, 0.2) is 30.3 Å².